The van der Waals surface area contributed by atoms with Gasteiger partial charge in [0.05, 0.1) is 5.54 Å². The standard InChI is InChI=1S/C18H26ClN3O3/c19-15-1-3-16(4-2-15)25-14-11-21-7-9-22(10-8-21)17(23)18(20)5-12-24-13-6-18/h1-4H,5-14,20H2. The van der Waals surface area contributed by atoms with Crippen LogP contribution in [0.4, 0.5) is 0 Å². The van der Waals surface area contributed by atoms with E-state index in [1.54, 1.807) is 0 Å². The average Bonchev–Trinajstić information content (AvgIpc) is 2.64. The van der Waals surface area contributed by atoms with Gasteiger partial charge in [0.25, 0.3) is 0 Å². The molecule has 138 valence electrons. The van der Waals surface area contributed by atoms with E-state index >= 15 is 0 Å². The largest absolute Gasteiger partial charge is 0.492 e. The zero-order chi connectivity index (χ0) is 17.7. The Hall–Kier alpha value is -1.34. The van der Waals surface area contributed by atoms with E-state index in [2.05, 4.69) is 4.90 Å². The van der Waals surface area contributed by atoms with Gasteiger partial charge in [0.15, 0.2) is 0 Å². The molecule has 3 rings (SSSR count). The summed E-state index contributed by atoms with van der Waals surface area (Å²) in [6.07, 6.45) is 1.22. The Labute approximate surface area is 153 Å². The van der Waals surface area contributed by atoms with Crippen LogP contribution in [0.1, 0.15) is 12.8 Å². The van der Waals surface area contributed by atoms with Crippen molar-refractivity contribution in [2.24, 2.45) is 5.73 Å². The molecule has 0 bridgehead atoms. The minimum Gasteiger partial charge on any atom is -0.492 e. The number of nitrogens with zero attached hydrogens (tertiary/aromatic N) is 2. The Balaban J connectivity index is 1.39. The maximum absolute atomic E-state index is 12.7. The van der Waals surface area contributed by atoms with E-state index in [4.69, 9.17) is 26.8 Å². The molecule has 0 radical (unpaired) electrons. The highest BCUT2D eigenvalue weighted by molar-refractivity contribution is 6.30. The quantitative estimate of drug-likeness (QED) is 0.851. The van der Waals surface area contributed by atoms with Crippen molar-refractivity contribution < 1.29 is 14.3 Å². The summed E-state index contributed by atoms with van der Waals surface area (Å²) in [5, 5.41) is 0.704. The monoisotopic (exact) mass is 367 g/mol. The van der Waals surface area contributed by atoms with Gasteiger partial charge >= 0.3 is 0 Å². The number of hydrogen-bond donors (Lipinski definition) is 1. The lowest BCUT2D eigenvalue weighted by Gasteiger charge is -2.40. The molecule has 0 atom stereocenters. The molecular formula is C18H26ClN3O3. The summed E-state index contributed by atoms with van der Waals surface area (Å²) >= 11 is 5.86. The van der Waals surface area contributed by atoms with E-state index in [9.17, 15) is 4.79 Å². The summed E-state index contributed by atoms with van der Waals surface area (Å²) in [5.41, 5.74) is 5.57. The second kappa shape index (κ2) is 8.36. The smallest absolute Gasteiger partial charge is 0.242 e. The van der Waals surface area contributed by atoms with Crippen LogP contribution in [0.5, 0.6) is 5.75 Å². The van der Waals surface area contributed by atoms with Crippen molar-refractivity contribution in [2.75, 3.05) is 52.5 Å². The van der Waals surface area contributed by atoms with Gasteiger partial charge in [0.2, 0.25) is 5.91 Å². The van der Waals surface area contributed by atoms with Crippen LogP contribution < -0.4 is 10.5 Å². The molecule has 25 heavy (non-hydrogen) atoms. The highest BCUT2D eigenvalue weighted by atomic mass is 35.5. The molecule has 1 aromatic rings. The molecule has 7 heteroatoms. The summed E-state index contributed by atoms with van der Waals surface area (Å²) in [6, 6.07) is 7.38. The molecule has 2 heterocycles. The minimum atomic E-state index is -0.738. The molecular weight excluding hydrogens is 342 g/mol. The van der Waals surface area contributed by atoms with Gasteiger partial charge in [-0.3, -0.25) is 9.69 Å². The average molecular weight is 368 g/mol. The highest BCUT2D eigenvalue weighted by Gasteiger charge is 2.39. The molecule has 2 saturated heterocycles. The third kappa shape index (κ3) is 4.85. The van der Waals surface area contributed by atoms with E-state index in [-0.39, 0.29) is 5.91 Å². The Morgan fingerprint density at radius 1 is 1.16 bits per heavy atom. The first kappa shape index (κ1) is 18.5. The van der Waals surface area contributed by atoms with Crippen molar-refractivity contribution in [1.82, 2.24) is 9.80 Å². The lowest BCUT2D eigenvalue weighted by Crippen LogP contribution is -2.61. The first-order valence-corrected chi connectivity index (χ1v) is 9.21. The SMILES string of the molecule is NC1(C(=O)N2CCN(CCOc3ccc(Cl)cc3)CC2)CCOCC1. The van der Waals surface area contributed by atoms with Crippen LogP contribution in [0.15, 0.2) is 24.3 Å². The molecule has 0 aliphatic carbocycles. The van der Waals surface area contributed by atoms with Crippen molar-refractivity contribution in [3.63, 3.8) is 0 Å². The summed E-state index contributed by atoms with van der Waals surface area (Å²) in [6.45, 7) is 5.75. The fourth-order valence-corrected chi connectivity index (χ4v) is 3.39. The van der Waals surface area contributed by atoms with Crippen molar-refractivity contribution in [3.8, 4) is 5.75 Å². The molecule has 2 aliphatic heterocycles. The first-order chi connectivity index (χ1) is 12.1. The van der Waals surface area contributed by atoms with Crippen molar-refractivity contribution in [2.45, 2.75) is 18.4 Å². The lowest BCUT2D eigenvalue weighted by atomic mass is 9.89. The number of rotatable bonds is 5. The molecule has 0 spiro atoms. The Kier molecular flexibility index (Phi) is 6.17. The predicted molar refractivity (Wildman–Crippen MR) is 96.9 cm³/mol. The third-order valence-electron chi connectivity index (χ3n) is 4.96. The van der Waals surface area contributed by atoms with Crippen LogP contribution in [-0.4, -0.2) is 73.8 Å². The fraction of sp³-hybridized carbons (Fsp3) is 0.611. The topological polar surface area (TPSA) is 68.0 Å². The maximum Gasteiger partial charge on any atom is 0.242 e. The second-order valence-electron chi connectivity index (χ2n) is 6.70. The molecule has 1 amide bonds. The molecule has 0 unspecified atom stereocenters. The van der Waals surface area contributed by atoms with E-state index in [0.29, 0.717) is 37.7 Å². The van der Waals surface area contributed by atoms with Gasteiger partial charge in [-0.25, -0.2) is 0 Å². The zero-order valence-corrected chi connectivity index (χ0v) is 15.2. The summed E-state index contributed by atoms with van der Waals surface area (Å²) in [7, 11) is 0. The number of halogens is 1. The summed E-state index contributed by atoms with van der Waals surface area (Å²) < 4.78 is 11.1. The van der Waals surface area contributed by atoms with E-state index in [1.807, 2.05) is 29.2 Å². The van der Waals surface area contributed by atoms with Gasteiger partial charge in [-0.15, -0.1) is 0 Å². The van der Waals surface area contributed by atoms with Crippen molar-refractivity contribution >= 4 is 17.5 Å². The van der Waals surface area contributed by atoms with Crippen LogP contribution in [0.2, 0.25) is 5.02 Å². The van der Waals surface area contributed by atoms with Gasteiger partial charge in [-0.05, 0) is 37.1 Å². The number of carbonyl (C=O) groups excluding carboxylic acids is 1. The number of piperazine rings is 1. The third-order valence-corrected chi connectivity index (χ3v) is 5.21. The van der Waals surface area contributed by atoms with Crippen LogP contribution in [0, 0.1) is 0 Å². The number of amides is 1. The molecule has 2 aliphatic rings. The molecule has 1 aromatic carbocycles. The zero-order valence-electron chi connectivity index (χ0n) is 14.5. The van der Waals surface area contributed by atoms with Gasteiger partial charge < -0.3 is 20.1 Å². The molecule has 2 N–H and O–H groups in total. The first-order valence-electron chi connectivity index (χ1n) is 8.84. The number of hydrogen-bond acceptors (Lipinski definition) is 5. The Bertz CT molecular complexity index is 567. The highest BCUT2D eigenvalue weighted by Crippen LogP contribution is 2.21. The number of benzene rings is 1. The maximum atomic E-state index is 12.7. The number of nitrogens with two attached hydrogens (primary N) is 1. The number of carbonyl (C=O) groups is 1. The van der Waals surface area contributed by atoms with Crippen molar-refractivity contribution in [1.29, 1.82) is 0 Å². The molecule has 2 fully saturated rings. The van der Waals surface area contributed by atoms with Crippen LogP contribution in [0.25, 0.3) is 0 Å². The normalized spacial score (nSPS) is 21.1. The van der Waals surface area contributed by atoms with E-state index < -0.39 is 5.54 Å². The minimum absolute atomic E-state index is 0.0767. The van der Waals surface area contributed by atoms with Crippen LogP contribution >= 0.6 is 11.6 Å². The van der Waals surface area contributed by atoms with Gasteiger partial charge in [0, 0.05) is 51.0 Å². The van der Waals surface area contributed by atoms with Crippen LogP contribution in [0.3, 0.4) is 0 Å². The molecule has 0 saturated carbocycles. The van der Waals surface area contributed by atoms with Crippen molar-refractivity contribution in [3.05, 3.63) is 29.3 Å². The summed E-state index contributed by atoms with van der Waals surface area (Å²) in [5.74, 6) is 0.899. The molecule has 6 nitrogen and oxygen atoms in total. The van der Waals surface area contributed by atoms with Gasteiger partial charge in [0.1, 0.15) is 12.4 Å². The van der Waals surface area contributed by atoms with E-state index in [1.165, 1.54) is 0 Å². The second-order valence-corrected chi connectivity index (χ2v) is 7.14. The molecule has 0 aromatic heterocycles. The van der Waals surface area contributed by atoms with Gasteiger partial charge in [-0.1, -0.05) is 11.6 Å². The Morgan fingerprint density at radius 2 is 1.80 bits per heavy atom. The predicted octanol–water partition coefficient (Wildman–Crippen LogP) is 1.37. The number of ether oxygens (including phenoxy) is 2. The summed E-state index contributed by atoms with van der Waals surface area (Å²) in [4.78, 5) is 16.9. The van der Waals surface area contributed by atoms with E-state index in [0.717, 1.165) is 38.5 Å². The van der Waals surface area contributed by atoms with Crippen LogP contribution in [-0.2, 0) is 9.53 Å². The van der Waals surface area contributed by atoms with Gasteiger partial charge in [-0.2, -0.15) is 0 Å². The fourth-order valence-electron chi connectivity index (χ4n) is 3.26. The lowest BCUT2D eigenvalue weighted by molar-refractivity contribution is -0.142. The Morgan fingerprint density at radius 3 is 2.44 bits per heavy atom.